The Bertz CT molecular complexity index is 850. The molecule has 1 unspecified atom stereocenters. The van der Waals surface area contributed by atoms with Crippen molar-refractivity contribution >= 4 is 23.7 Å². The van der Waals surface area contributed by atoms with Gasteiger partial charge in [-0.15, -0.1) is 0 Å². The van der Waals surface area contributed by atoms with Gasteiger partial charge in [0.1, 0.15) is 61.7 Å². The molecule has 2 fully saturated rings. The van der Waals surface area contributed by atoms with E-state index in [-0.39, 0.29) is 31.8 Å². The van der Waals surface area contributed by atoms with Gasteiger partial charge >= 0.3 is 17.9 Å². The highest BCUT2D eigenvalue weighted by atomic mass is 16.8. The minimum absolute atomic E-state index is 0.0194. The SMILES string of the molecule is CO[C@@H]1[C@@H](OC)[C@@H](O[C@H]2[C@H](OC)[C@@H](OC)C(O)O[C@@H]2COC(C)=O)O[C@H](COC(C)=O)[C@H]1OC(=O)CCC(C)=O. The Labute approximate surface area is 232 Å². The number of hydrogen-bond acceptors (Lipinski definition) is 15. The fraction of sp³-hybridized carbons (Fsp3) is 0.840. The van der Waals surface area contributed by atoms with E-state index in [1.54, 1.807) is 0 Å². The summed E-state index contributed by atoms with van der Waals surface area (Å²) in [5.74, 6) is -2.07. The molecule has 0 aromatic carbocycles. The van der Waals surface area contributed by atoms with E-state index >= 15 is 0 Å². The van der Waals surface area contributed by atoms with Crippen LogP contribution in [0.1, 0.15) is 33.6 Å². The number of methoxy groups -OCH3 is 4. The van der Waals surface area contributed by atoms with Crippen molar-refractivity contribution in [1.82, 2.24) is 0 Å². The summed E-state index contributed by atoms with van der Waals surface area (Å²) >= 11 is 0. The Morgan fingerprint density at radius 3 is 1.62 bits per heavy atom. The maximum Gasteiger partial charge on any atom is 0.306 e. The highest BCUT2D eigenvalue weighted by molar-refractivity contribution is 5.81. The van der Waals surface area contributed by atoms with Crippen LogP contribution in [-0.2, 0) is 66.5 Å². The Balaban J connectivity index is 2.39. The number of aliphatic hydroxyl groups excluding tert-OH is 1. The molecule has 40 heavy (non-hydrogen) atoms. The summed E-state index contributed by atoms with van der Waals surface area (Å²) in [4.78, 5) is 47.0. The first-order valence-electron chi connectivity index (χ1n) is 12.7. The van der Waals surface area contributed by atoms with Gasteiger partial charge in [-0.3, -0.25) is 14.4 Å². The number of ether oxygens (including phenoxy) is 10. The fourth-order valence-corrected chi connectivity index (χ4v) is 4.54. The molecule has 2 aliphatic rings. The molecule has 0 radical (unpaired) electrons. The third-order valence-corrected chi connectivity index (χ3v) is 6.43. The van der Waals surface area contributed by atoms with E-state index in [0.717, 1.165) is 0 Å². The first-order chi connectivity index (χ1) is 19.0. The van der Waals surface area contributed by atoms with Gasteiger partial charge in [0.2, 0.25) is 0 Å². The highest BCUT2D eigenvalue weighted by Crippen LogP contribution is 2.33. The molecule has 230 valence electrons. The van der Waals surface area contributed by atoms with Crippen molar-refractivity contribution in [2.75, 3.05) is 41.7 Å². The zero-order valence-electron chi connectivity index (χ0n) is 23.8. The molecule has 10 atom stereocenters. The molecule has 0 spiro atoms. The van der Waals surface area contributed by atoms with Crippen LogP contribution in [0, 0.1) is 0 Å². The van der Waals surface area contributed by atoms with Gasteiger partial charge in [0, 0.05) is 48.7 Å². The molecule has 2 saturated heterocycles. The molecule has 0 bridgehead atoms. The molecule has 2 heterocycles. The first kappa shape index (κ1) is 34.0. The second-order valence-electron chi connectivity index (χ2n) is 9.27. The molecule has 0 aromatic rings. The largest absolute Gasteiger partial charge is 0.463 e. The number of aliphatic hydroxyl groups is 1. The average molecular weight is 581 g/mol. The summed E-state index contributed by atoms with van der Waals surface area (Å²) in [6.07, 6.45) is -11.0. The summed E-state index contributed by atoms with van der Waals surface area (Å²) in [6.45, 7) is 3.15. The Kier molecular flexibility index (Phi) is 13.8. The van der Waals surface area contributed by atoms with Crippen LogP contribution in [0.4, 0.5) is 0 Å². The minimum Gasteiger partial charge on any atom is -0.463 e. The van der Waals surface area contributed by atoms with Crippen LogP contribution in [0.5, 0.6) is 0 Å². The van der Waals surface area contributed by atoms with Crippen LogP contribution in [0.15, 0.2) is 0 Å². The molecular weight excluding hydrogens is 540 g/mol. The standard InChI is InChI=1S/C25H40O15/c1-12(26)8-9-17(29)39-18-16(11-36-14(3)28)38-25(23(34-7)21(18)32-5)40-19-15(10-35-13(2)27)37-24(30)22(33-6)20(19)31-4/h15-16,18-25,30H,8-11H2,1-7H3/t15-,16-,18-,19-,20+,21+,22-,23-,24?,25-/m1/s1. The number of carbonyl (C=O) groups excluding carboxylic acids is 4. The van der Waals surface area contributed by atoms with E-state index in [2.05, 4.69) is 0 Å². The Morgan fingerprint density at radius 2 is 1.15 bits per heavy atom. The summed E-state index contributed by atoms with van der Waals surface area (Å²) in [5, 5.41) is 10.5. The molecule has 0 aliphatic carbocycles. The topological polar surface area (TPSA) is 181 Å². The molecule has 15 heteroatoms. The molecule has 0 amide bonds. The predicted octanol–water partition coefficient (Wildman–Crippen LogP) is -0.719. The van der Waals surface area contributed by atoms with Crippen molar-refractivity contribution in [3.8, 4) is 0 Å². The van der Waals surface area contributed by atoms with Gasteiger partial charge in [-0.25, -0.2) is 0 Å². The number of ketones is 1. The quantitative estimate of drug-likeness (QED) is 0.201. The van der Waals surface area contributed by atoms with Crippen molar-refractivity contribution < 1.29 is 71.7 Å². The molecule has 1 N–H and O–H groups in total. The first-order valence-corrected chi connectivity index (χ1v) is 12.7. The van der Waals surface area contributed by atoms with Crippen molar-refractivity contribution in [1.29, 1.82) is 0 Å². The van der Waals surface area contributed by atoms with Gasteiger partial charge in [-0.2, -0.15) is 0 Å². The highest BCUT2D eigenvalue weighted by Gasteiger charge is 2.54. The van der Waals surface area contributed by atoms with Crippen molar-refractivity contribution in [2.45, 2.75) is 95.0 Å². The van der Waals surface area contributed by atoms with E-state index in [9.17, 15) is 24.3 Å². The lowest BCUT2D eigenvalue weighted by atomic mass is 9.96. The predicted molar refractivity (Wildman–Crippen MR) is 131 cm³/mol. The third-order valence-electron chi connectivity index (χ3n) is 6.43. The maximum absolute atomic E-state index is 12.5. The summed E-state index contributed by atoms with van der Waals surface area (Å²) in [6, 6.07) is 0. The minimum atomic E-state index is -1.43. The molecule has 2 rings (SSSR count). The smallest absolute Gasteiger partial charge is 0.306 e. The normalized spacial score (nSPS) is 34.1. The lowest BCUT2D eigenvalue weighted by molar-refractivity contribution is -0.362. The lowest BCUT2D eigenvalue weighted by Crippen LogP contribution is -2.66. The van der Waals surface area contributed by atoms with E-state index in [0.29, 0.717) is 0 Å². The lowest BCUT2D eigenvalue weighted by Gasteiger charge is -2.48. The zero-order chi connectivity index (χ0) is 30.0. The monoisotopic (exact) mass is 580 g/mol. The molecule has 0 aromatic heterocycles. The third kappa shape index (κ3) is 9.14. The molecule has 2 aliphatic heterocycles. The van der Waals surface area contributed by atoms with Crippen molar-refractivity contribution in [2.24, 2.45) is 0 Å². The van der Waals surface area contributed by atoms with Crippen LogP contribution < -0.4 is 0 Å². The van der Waals surface area contributed by atoms with Gasteiger partial charge in [0.05, 0.1) is 6.42 Å². The van der Waals surface area contributed by atoms with Crippen LogP contribution in [0.25, 0.3) is 0 Å². The van der Waals surface area contributed by atoms with Gasteiger partial charge < -0.3 is 57.3 Å². The number of Topliss-reactive ketones (excluding diaryl/α,β-unsaturated/α-hetero) is 1. The van der Waals surface area contributed by atoms with Crippen LogP contribution in [0.3, 0.4) is 0 Å². The van der Waals surface area contributed by atoms with Crippen LogP contribution in [0.2, 0.25) is 0 Å². The Hall–Kier alpha value is -2.24. The maximum atomic E-state index is 12.5. The van der Waals surface area contributed by atoms with Gasteiger partial charge in [0.15, 0.2) is 18.7 Å². The zero-order valence-corrected chi connectivity index (χ0v) is 23.8. The van der Waals surface area contributed by atoms with Gasteiger partial charge in [-0.05, 0) is 6.92 Å². The van der Waals surface area contributed by atoms with Crippen molar-refractivity contribution in [3.63, 3.8) is 0 Å². The van der Waals surface area contributed by atoms with Gasteiger partial charge in [-0.1, -0.05) is 0 Å². The summed E-state index contributed by atoms with van der Waals surface area (Å²) in [7, 11) is 5.45. The average Bonchev–Trinajstić information content (AvgIpc) is 2.90. The van der Waals surface area contributed by atoms with E-state index in [4.69, 9.17) is 47.4 Å². The molecular formula is C25H40O15. The van der Waals surface area contributed by atoms with E-state index < -0.39 is 79.3 Å². The number of carbonyl (C=O) groups is 4. The molecule has 0 saturated carbocycles. The number of rotatable bonds is 14. The Morgan fingerprint density at radius 1 is 0.650 bits per heavy atom. The second-order valence-corrected chi connectivity index (χ2v) is 9.27. The fourth-order valence-electron chi connectivity index (χ4n) is 4.54. The van der Waals surface area contributed by atoms with Crippen molar-refractivity contribution in [3.05, 3.63) is 0 Å². The summed E-state index contributed by atoms with van der Waals surface area (Å²) in [5.41, 5.74) is 0. The summed E-state index contributed by atoms with van der Waals surface area (Å²) < 4.78 is 56.1. The van der Waals surface area contributed by atoms with Gasteiger partial charge in [0.25, 0.3) is 0 Å². The van der Waals surface area contributed by atoms with E-state index in [1.165, 1.54) is 49.2 Å². The van der Waals surface area contributed by atoms with Crippen LogP contribution in [-0.4, -0.2) is 132 Å². The second kappa shape index (κ2) is 16.3. The number of esters is 3. The number of hydrogen-bond donors (Lipinski definition) is 1. The van der Waals surface area contributed by atoms with E-state index in [1.807, 2.05) is 0 Å². The van der Waals surface area contributed by atoms with Crippen LogP contribution >= 0.6 is 0 Å². The molecule has 15 nitrogen and oxygen atoms in total.